The summed E-state index contributed by atoms with van der Waals surface area (Å²) in [5, 5.41) is 10.2. The number of benzene rings is 8. The van der Waals surface area contributed by atoms with Gasteiger partial charge in [0.1, 0.15) is 0 Å². The van der Waals surface area contributed by atoms with Crippen LogP contribution in [-0.4, -0.2) is 0 Å². The van der Waals surface area contributed by atoms with Crippen LogP contribution in [0.5, 0.6) is 0 Å². The lowest BCUT2D eigenvalue weighted by Crippen LogP contribution is -1.94. The number of hydrogen-bond donors (Lipinski definition) is 0. The van der Waals surface area contributed by atoms with Crippen LogP contribution in [0.15, 0.2) is 127 Å². The van der Waals surface area contributed by atoms with Gasteiger partial charge in [0.25, 0.3) is 0 Å². The zero-order valence-electron chi connectivity index (χ0n) is 23.5. The topological polar surface area (TPSA) is 0 Å². The molecule has 0 spiro atoms. The highest BCUT2D eigenvalue weighted by molar-refractivity contribution is 6.56. The maximum Gasteiger partial charge on any atom is 0.0809 e. The smallest absolute Gasteiger partial charge is 0.0809 e. The standard InChI is InChI=1S/C40H21Cl5/c41-36-33(37(42)39(44)40(45)38(36)43)24-19-20-31-32(21-24)35(28-18-8-12-23-10-2-4-14-26(23)28)30-16-6-5-15-29(30)34(31)27-17-7-11-22-9-1-3-13-25(22)27/h1-21H. The van der Waals surface area contributed by atoms with Gasteiger partial charge in [-0.3, -0.25) is 0 Å². The molecule has 0 aliphatic carbocycles. The first-order valence-corrected chi connectivity index (χ1v) is 16.3. The first-order chi connectivity index (χ1) is 21.9. The van der Waals surface area contributed by atoms with Gasteiger partial charge in [-0.2, -0.15) is 0 Å². The van der Waals surface area contributed by atoms with Gasteiger partial charge < -0.3 is 0 Å². The van der Waals surface area contributed by atoms with E-state index in [0.717, 1.165) is 38.4 Å². The molecule has 0 aliphatic heterocycles. The Morgan fingerprint density at radius 1 is 0.289 bits per heavy atom. The van der Waals surface area contributed by atoms with E-state index in [2.05, 4.69) is 121 Å². The molecule has 0 bridgehead atoms. The van der Waals surface area contributed by atoms with Crippen molar-refractivity contribution in [2.45, 2.75) is 0 Å². The summed E-state index contributed by atoms with van der Waals surface area (Å²) < 4.78 is 0. The molecule has 0 saturated heterocycles. The molecule has 0 N–H and O–H groups in total. The Morgan fingerprint density at radius 2 is 0.689 bits per heavy atom. The van der Waals surface area contributed by atoms with Gasteiger partial charge in [0.15, 0.2) is 0 Å². The second kappa shape index (κ2) is 11.2. The lowest BCUT2D eigenvalue weighted by Gasteiger charge is -2.21. The van der Waals surface area contributed by atoms with E-state index in [4.69, 9.17) is 58.0 Å². The number of hydrogen-bond acceptors (Lipinski definition) is 0. The second-order valence-corrected chi connectivity index (χ2v) is 12.9. The lowest BCUT2D eigenvalue weighted by atomic mass is 9.83. The Bertz CT molecular complexity index is 2460. The molecule has 0 heterocycles. The summed E-state index contributed by atoms with van der Waals surface area (Å²) in [6.07, 6.45) is 0. The molecule has 216 valence electrons. The SMILES string of the molecule is Clc1c(Cl)c(Cl)c(-c2ccc3c(-c4cccc5ccccc45)c4ccccc4c(-c4cccc5ccccc45)c3c2)c(Cl)c1Cl. The average molecular weight is 679 g/mol. The number of fused-ring (bicyclic) bond motifs is 4. The molecule has 0 fully saturated rings. The first-order valence-electron chi connectivity index (χ1n) is 14.4. The monoisotopic (exact) mass is 676 g/mol. The molecule has 8 rings (SSSR count). The molecule has 0 aliphatic rings. The van der Waals surface area contributed by atoms with Crippen molar-refractivity contribution in [1.29, 1.82) is 0 Å². The Morgan fingerprint density at radius 3 is 1.22 bits per heavy atom. The number of rotatable bonds is 3. The average Bonchev–Trinajstić information content (AvgIpc) is 3.08. The van der Waals surface area contributed by atoms with Crippen LogP contribution >= 0.6 is 58.0 Å². The summed E-state index contributed by atoms with van der Waals surface area (Å²) in [7, 11) is 0. The third-order valence-corrected chi connectivity index (χ3v) is 10.9. The highest BCUT2D eigenvalue weighted by Crippen LogP contribution is 2.51. The summed E-state index contributed by atoms with van der Waals surface area (Å²) in [6.45, 7) is 0. The van der Waals surface area contributed by atoms with Gasteiger partial charge in [-0.25, -0.2) is 0 Å². The molecular weight excluding hydrogens is 658 g/mol. The third kappa shape index (κ3) is 4.51. The third-order valence-electron chi connectivity index (χ3n) is 8.64. The molecule has 0 atom stereocenters. The highest BCUT2D eigenvalue weighted by atomic mass is 35.5. The van der Waals surface area contributed by atoms with Crippen molar-refractivity contribution in [3.05, 3.63) is 153 Å². The fourth-order valence-electron chi connectivity index (χ4n) is 6.66. The van der Waals surface area contributed by atoms with Crippen LogP contribution < -0.4 is 0 Å². The van der Waals surface area contributed by atoms with Gasteiger partial charge in [-0.1, -0.05) is 179 Å². The molecular formula is C40H21Cl5. The van der Waals surface area contributed by atoms with Gasteiger partial charge in [0.05, 0.1) is 25.1 Å². The van der Waals surface area contributed by atoms with Crippen LogP contribution in [0.2, 0.25) is 25.1 Å². The normalized spacial score (nSPS) is 11.7. The van der Waals surface area contributed by atoms with E-state index in [1.807, 2.05) is 6.07 Å². The molecule has 8 aromatic rings. The minimum absolute atomic E-state index is 0.138. The molecule has 45 heavy (non-hydrogen) atoms. The first kappa shape index (κ1) is 28.7. The number of halogens is 5. The quantitative estimate of drug-likeness (QED) is 0.0991. The van der Waals surface area contributed by atoms with E-state index in [9.17, 15) is 0 Å². The molecule has 5 heteroatoms. The van der Waals surface area contributed by atoms with E-state index in [1.165, 1.54) is 32.5 Å². The van der Waals surface area contributed by atoms with Crippen LogP contribution in [-0.2, 0) is 0 Å². The summed E-state index contributed by atoms with van der Waals surface area (Å²) in [5.74, 6) is 0. The molecule has 0 amide bonds. The summed E-state index contributed by atoms with van der Waals surface area (Å²) >= 11 is 33.1. The van der Waals surface area contributed by atoms with Gasteiger partial charge in [-0.15, -0.1) is 0 Å². The minimum atomic E-state index is 0.138. The lowest BCUT2D eigenvalue weighted by molar-refractivity contribution is 1.63. The van der Waals surface area contributed by atoms with Crippen LogP contribution in [0.1, 0.15) is 0 Å². The molecule has 0 saturated carbocycles. The van der Waals surface area contributed by atoms with Gasteiger partial charge in [0.2, 0.25) is 0 Å². The predicted octanol–water partition coefficient (Wildman–Crippen LogP) is 14.6. The van der Waals surface area contributed by atoms with Crippen molar-refractivity contribution in [3.63, 3.8) is 0 Å². The van der Waals surface area contributed by atoms with Crippen molar-refractivity contribution in [1.82, 2.24) is 0 Å². The largest absolute Gasteiger partial charge is 0.0819 e. The van der Waals surface area contributed by atoms with Crippen LogP contribution in [0.3, 0.4) is 0 Å². The highest BCUT2D eigenvalue weighted by Gasteiger charge is 2.23. The molecule has 0 radical (unpaired) electrons. The van der Waals surface area contributed by atoms with Gasteiger partial charge >= 0.3 is 0 Å². The van der Waals surface area contributed by atoms with Crippen molar-refractivity contribution in [2.24, 2.45) is 0 Å². The van der Waals surface area contributed by atoms with E-state index in [0.29, 0.717) is 5.56 Å². The van der Waals surface area contributed by atoms with E-state index in [1.54, 1.807) is 0 Å². The Kier molecular flexibility index (Phi) is 7.17. The zero-order chi connectivity index (χ0) is 30.8. The van der Waals surface area contributed by atoms with Crippen molar-refractivity contribution in [2.75, 3.05) is 0 Å². The minimum Gasteiger partial charge on any atom is -0.0819 e. The zero-order valence-corrected chi connectivity index (χ0v) is 27.3. The maximum atomic E-state index is 6.82. The van der Waals surface area contributed by atoms with Gasteiger partial charge in [-0.05, 0) is 77.0 Å². The van der Waals surface area contributed by atoms with E-state index < -0.39 is 0 Å². The summed E-state index contributed by atoms with van der Waals surface area (Å²) in [6, 6.07) is 45.0. The molecule has 0 unspecified atom stereocenters. The fraction of sp³-hybridized carbons (Fsp3) is 0. The van der Waals surface area contributed by atoms with E-state index in [-0.39, 0.29) is 25.1 Å². The Balaban J connectivity index is 1.59. The fourth-order valence-corrected chi connectivity index (χ4v) is 8.02. The van der Waals surface area contributed by atoms with Crippen molar-refractivity contribution >= 4 is 101 Å². The summed E-state index contributed by atoms with van der Waals surface area (Å²) in [4.78, 5) is 0. The maximum absolute atomic E-state index is 6.82. The van der Waals surface area contributed by atoms with Crippen molar-refractivity contribution < 1.29 is 0 Å². The van der Waals surface area contributed by atoms with Crippen molar-refractivity contribution in [3.8, 4) is 33.4 Å². The van der Waals surface area contributed by atoms with Crippen LogP contribution in [0, 0.1) is 0 Å². The van der Waals surface area contributed by atoms with E-state index >= 15 is 0 Å². The summed E-state index contributed by atoms with van der Waals surface area (Å²) in [5.41, 5.74) is 5.93. The molecule has 0 nitrogen and oxygen atoms in total. The molecule has 8 aromatic carbocycles. The Hall–Kier alpha value is -3.75. The van der Waals surface area contributed by atoms with Crippen LogP contribution in [0.4, 0.5) is 0 Å². The van der Waals surface area contributed by atoms with Gasteiger partial charge in [0, 0.05) is 5.56 Å². The predicted molar refractivity (Wildman–Crippen MR) is 198 cm³/mol. The molecule has 0 aromatic heterocycles. The van der Waals surface area contributed by atoms with Crippen LogP contribution in [0.25, 0.3) is 76.5 Å². The second-order valence-electron chi connectivity index (χ2n) is 11.1. The Labute approximate surface area is 285 Å².